The molecule has 2 heterocycles. The molecule has 1 aliphatic rings. The Bertz CT molecular complexity index is 871. The number of aromatic nitrogens is 1. The fourth-order valence-corrected chi connectivity index (χ4v) is 3.74. The quantitative estimate of drug-likeness (QED) is 0.457. The first-order chi connectivity index (χ1) is 12.5. The molecule has 144 valence electrons. The van der Waals surface area contributed by atoms with Crippen LogP contribution in [0.15, 0.2) is 18.3 Å². The maximum atomic E-state index is 11.7. The maximum absolute atomic E-state index is 11.7. The van der Waals surface area contributed by atoms with E-state index in [1.807, 2.05) is 40.7 Å². The van der Waals surface area contributed by atoms with Crippen LogP contribution in [0.2, 0.25) is 4.47 Å². The highest BCUT2D eigenvalue weighted by molar-refractivity contribution is 7.15. The van der Waals surface area contributed by atoms with Crippen molar-refractivity contribution in [2.75, 3.05) is 5.32 Å². The van der Waals surface area contributed by atoms with Crippen LogP contribution >= 0.6 is 22.9 Å². The Morgan fingerprint density at radius 1 is 1.30 bits per heavy atom. The van der Waals surface area contributed by atoms with Crippen molar-refractivity contribution >= 4 is 46.9 Å². The topological polar surface area (TPSA) is 86.5 Å². The van der Waals surface area contributed by atoms with Gasteiger partial charge in [0, 0.05) is 17.1 Å². The lowest BCUT2D eigenvalue weighted by atomic mass is 9.78. The van der Waals surface area contributed by atoms with Crippen molar-refractivity contribution in [3.63, 3.8) is 0 Å². The summed E-state index contributed by atoms with van der Waals surface area (Å²) in [5.41, 5.74) is 0.791. The molecule has 7 nitrogen and oxygen atoms in total. The molecule has 2 aromatic rings. The Kier molecular flexibility index (Phi) is 5.24. The molecule has 0 saturated carbocycles. The number of hydrogen-bond acceptors (Lipinski definition) is 7. The number of anilines is 1. The molecule has 0 aliphatic carbocycles. The van der Waals surface area contributed by atoms with Gasteiger partial charge in [-0.25, -0.2) is 4.98 Å². The van der Waals surface area contributed by atoms with E-state index in [9.17, 15) is 10.1 Å². The van der Waals surface area contributed by atoms with Gasteiger partial charge in [0.25, 0.3) is 5.69 Å². The summed E-state index contributed by atoms with van der Waals surface area (Å²) in [5.74, 6) is 0. The van der Waals surface area contributed by atoms with Gasteiger partial charge in [0.2, 0.25) is 0 Å². The van der Waals surface area contributed by atoms with Crippen LogP contribution in [0.4, 0.5) is 11.4 Å². The number of nitrogens with zero attached hydrogens (tertiary/aromatic N) is 2. The van der Waals surface area contributed by atoms with Crippen LogP contribution in [0.3, 0.4) is 0 Å². The molecular formula is C17H21BClN3O4S. The Hall–Kier alpha value is -1.68. The minimum Gasteiger partial charge on any atom is -0.399 e. The summed E-state index contributed by atoms with van der Waals surface area (Å²) < 4.78 is 12.5. The smallest absolute Gasteiger partial charge is 0.399 e. The number of benzene rings is 1. The van der Waals surface area contributed by atoms with Crippen LogP contribution in [0.1, 0.15) is 38.1 Å². The van der Waals surface area contributed by atoms with E-state index in [-0.39, 0.29) is 5.69 Å². The van der Waals surface area contributed by atoms with Gasteiger partial charge in [0.1, 0.15) is 5.69 Å². The lowest BCUT2D eigenvalue weighted by molar-refractivity contribution is -0.383. The van der Waals surface area contributed by atoms with Crippen LogP contribution in [-0.4, -0.2) is 28.2 Å². The first-order valence-electron chi connectivity index (χ1n) is 8.49. The highest BCUT2D eigenvalue weighted by atomic mass is 35.5. The second-order valence-corrected chi connectivity index (χ2v) is 9.21. The summed E-state index contributed by atoms with van der Waals surface area (Å²) >= 11 is 7.17. The molecular weight excluding hydrogens is 389 g/mol. The van der Waals surface area contributed by atoms with E-state index in [1.165, 1.54) is 17.4 Å². The number of aryl methyl sites for hydroxylation is 1. The molecule has 3 rings (SSSR count). The van der Waals surface area contributed by atoms with Crippen LogP contribution in [0.5, 0.6) is 0 Å². The van der Waals surface area contributed by atoms with Gasteiger partial charge >= 0.3 is 7.12 Å². The Balaban J connectivity index is 1.90. The summed E-state index contributed by atoms with van der Waals surface area (Å²) in [6, 6.07) is 3.37. The molecule has 1 aromatic carbocycles. The van der Waals surface area contributed by atoms with Gasteiger partial charge in [-0.15, -0.1) is 11.3 Å². The summed E-state index contributed by atoms with van der Waals surface area (Å²) in [5, 5.41) is 14.8. The largest absolute Gasteiger partial charge is 0.495 e. The average molecular weight is 410 g/mol. The molecule has 10 heteroatoms. The van der Waals surface area contributed by atoms with Crippen molar-refractivity contribution in [2.45, 2.75) is 52.4 Å². The van der Waals surface area contributed by atoms with Gasteiger partial charge in [-0.3, -0.25) is 10.1 Å². The molecule has 0 bridgehead atoms. The third kappa shape index (κ3) is 3.96. The van der Waals surface area contributed by atoms with Gasteiger partial charge in [-0.05, 0) is 45.6 Å². The third-order valence-corrected chi connectivity index (χ3v) is 6.14. The first kappa shape index (κ1) is 20.1. The molecule has 1 aromatic heterocycles. The zero-order valence-electron chi connectivity index (χ0n) is 15.8. The molecule has 0 spiro atoms. The summed E-state index contributed by atoms with van der Waals surface area (Å²) in [7, 11) is -0.651. The predicted molar refractivity (Wildman–Crippen MR) is 108 cm³/mol. The van der Waals surface area contributed by atoms with Gasteiger partial charge in [0.05, 0.1) is 22.7 Å². The van der Waals surface area contributed by atoms with Crippen molar-refractivity contribution in [1.29, 1.82) is 0 Å². The van der Waals surface area contributed by atoms with Gasteiger partial charge in [0.15, 0.2) is 4.47 Å². The molecule has 1 aliphatic heterocycles. The molecule has 0 radical (unpaired) electrons. The number of rotatable bonds is 5. The predicted octanol–water partition coefficient (Wildman–Crippen LogP) is 3.92. The van der Waals surface area contributed by atoms with Crippen LogP contribution in [0, 0.1) is 17.0 Å². The average Bonchev–Trinajstić information content (AvgIpc) is 3.05. The van der Waals surface area contributed by atoms with E-state index < -0.39 is 23.2 Å². The Morgan fingerprint density at radius 2 is 1.93 bits per heavy atom. The number of nitrogens with one attached hydrogen (secondary N) is 1. The molecule has 27 heavy (non-hydrogen) atoms. The number of thiazole rings is 1. The zero-order chi connectivity index (χ0) is 20.0. The summed E-state index contributed by atoms with van der Waals surface area (Å²) in [4.78, 5) is 16.1. The van der Waals surface area contributed by atoms with E-state index in [1.54, 1.807) is 6.20 Å². The van der Waals surface area contributed by atoms with Crippen molar-refractivity contribution in [2.24, 2.45) is 0 Å². The summed E-state index contributed by atoms with van der Waals surface area (Å²) in [6.45, 7) is 10.0. The fraction of sp³-hybridized carbons (Fsp3) is 0.471. The van der Waals surface area contributed by atoms with Crippen LogP contribution < -0.4 is 10.8 Å². The van der Waals surface area contributed by atoms with E-state index in [0.29, 0.717) is 22.2 Å². The Morgan fingerprint density at radius 3 is 2.44 bits per heavy atom. The SMILES string of the molecule is Cc1cc(B2OC(C)(C)C(C)(C)O2)cc([N+](=O)[O-])c1NCc1cnc(Cl)s1. The van der Waals surface area contributed by atoms with Gasteiger partial charge < -0.3 is 14.6 Å². The minimum atomic E-state index is -0.651. The van der Waals surface area contributed by atoms with E-state index >= 15 is 0 Å². The Labute approximate surface area is 167 Å². The van der Waals surface area contributed by atoms with Crippen molar-refractivity contribution in [1.82, 2.24) is 4.98 Å². The number of hydrogen-bond donors (Lipinski definition) is 1. The molecule has 0 unspecified atom stereocenters. The molecule has 1 fully saturated rings. The standard InChI is InChI=1S/C17H21BClN3O4S/c1-10-6-11(18-25-16(2,3)17(4,5)26-18)7-13(22(23)24)14(10)20-8-12-9-21-15(19)27-12/h6-7,9,20H,8H2,1-5H3. The van der Waals surface area contributed by atoms with E-state index in [4.69, 9.17) is 20.9 Å². The minimum absolute atomic E-state index is 0.0182. The third-order valence-electron chi connectivity index (χ3n) is 5.02. The van der Waals surface area contributed by atoms with Crippen LogP contribution in [-0.2, 0) is 15.9 Å². The molecule has 0 amide bonds. The molecule has 0 atom stereocenters. The van der Waals surface area contributed by atoms with Crippen molar-refractivity contribution < 1.29 is 14.2 Å². The van der Waals surface area contributed by atoms with Gasteiger partial charge in [-0.2, -0.15) is 0 Å². The first-order valence-corrected chi connectivity index (χ1v) is 9.68. The van der Waals surface area contributed by atoms with Crippen molar-refractivity contribution in [3.05, 3.63) is 43.4 Å². The second kappa shape index (κ2) is 7.05. The lowest BCUT2D eigenvalue weighted by Gasteiger charge is -2.32. The molecule has 1 N–H and O–H groups in total. The normalized spacial score (nSPS) is 17.9. The van der Waals surface area contributed by atoms with Crippen molar-refractivity contribution in [3.8, 4) is 0 Å². The fourth-order valence-electron chi connectivity index (χ4n) is 2.83. The van der Waals surface area contributed by atoms with Crippen LogP contribution in [0.25, 0.3) is 0 Å². The van der Waals surface area contributed by atoms with E-state index in [2.05, 4.69) is 10.3 Å². The maximum Gasteiger partial charge on any atom is 0.495 e. The van der Waals surface area contributed by atoms with E-state index in [0.717, 1.165) is 10.4 Å². The highest BCUT2D eigenvalue weighted by Gasteiger charge is 2.52. The second-order valence-electron chi connectivity index (χ2n) is 7.51. The zero-order valence-corrected chi connectivity index (χ0v) is 17.4. The van der Waals surface area contributed by atoms with Gasteiger partial charge in [-0.1, -0.05) is 17.7 Å². The molecule has 1 saturated heterocycles. The monoisotopic (exact) mass is 409 g/mol. The highest BCUT2D eigenvalue weighted by Crippen LogP contribution is 2.37. The number of nitro benzene ring substituents is 1. The lowest BCUT2D eigenvalue weighted by Crippen LogP contribution is -2.41. The number of halogens is 1. The summed E-state index contributed by atoms with van der Waals surface area (Å²) in [6.07, 6.45) is 1.65. The number of nitro groups is 1.